The lowest BCUT2D eigenvalue weighted by Gasteiger charge is -2.07. The fourth-order valence-electron chi connectivity index (χ4n) is 4.76. The van der Waals surface area contributed by atoms with Crippen molar-refractivity contribution < 1.29 is 9.18 Å². The van der Waals surface area contributed by atoms with Crippen molar-refractivity contribution in [1.29, 1.82) is 0 Å². The van der Waals surface area contributed by atoms with Crippen molar-refractivity contribution in [1.82, 2.24) is 30.1 Å². The molecular weight excluding hydrogens is 493 g/mol. The fourth-order valence-corrected chi connectivity index (χ4v) is 4.76. The topological polar surface area (TPSA) is 112 Å². The Morgan fingerprint density at radius 3 is 2.77 bits per heavy atom. The van der Waals surface area contributed by atoms with Gasteiger partial charge in [-0.3, -0.25) is 14.9 Å². The summed E-state index contributed by atoms with van der Waals surface area (Å²) in [6.07, 6.45) is 7.38. The highest BCUT2D eigenvalue weighted by atomic mass is 19.1. The minimum atomic E-state index is -0.292. The van der Waals surface area contributed by atoms with E-state index in [4.69, 9.17) is 4.98 Å². The Balaban J connectivity index is 1.38. The molecule has 0 aliphatic rings. The summed E-state index contributed by atoms with van der Waals surface area (Å²) in [5, 5.41) is 11.4. The molecule has 39 heavy (non-hydrogen) atoms. The average Bonchev–Trinajstić information content (AvgIpc) is 3.55. The zero-order valence-corrected chi connectivity index (χ0v) is 21.5. The van der Waals surface area contributed by atoms with Gasteiger partial charge in [0.25, 0.3) is 0 Å². The zero-order valence-electron chi connectivity index (χ0n) is 21.5. The summed E-state index contributed by atoms with van der Waals surface area (Å²) in [5.41, 5.74) is 7.56. The van der Waals surface area contributed by atoms with E-state index in [0.29, 0.717) is 34.8 Å². The van der Waals surface area contributed by atoms with Crippen LogP contribution in [0.1, 0.15) is 31.7 Å². The van der Waals surface area contributed by atoms with Gasteiger partial charge in [-0.15, -0.1) is 0 Å². The van der Waals surface area contributed by atoms with E-state index in [0.717, 1.165) is 51.6 Å². The van der Waals surface area contributed by atoms with Crippen molar-refractivity contribution in [3.63, 3.8) is 0 Å². The van der Waals surface area contributed by atoms with Crippen LogP contribution in [0.4, 0.5) is 10.1 Å². The molecule has 0 aliphatic carbocycles. The summed E-state index contributed by atoms with van der Waals surface area (Å²) in [5.74, 6) is 0.241. The molecule has 4 heterocycles. The zero-order chi connectivity index (χ0) is 26.9. The first kappa shape index (κ1) is 24.4. The number of pyridine rings is 2. The minimum absolute atomic E-state index is 0.0189. The van der Waals surface area contributed by atoms with Crippen LogP contribution in [0.15, 0.2) is 67.1 Å². The number of aromatic amines is 2. The number of fused-ring (bicyclic) bond motifs is 2. The van der Waals surface area contributed by atoms with E-state index in [1.54, 1.807) is 18.6 Å². The first-order valence-corrected chi connectivity index (χ1v) is 12.8. The smallest absolute Gasteiger partial charge is 0.224 e. The van der Waals surface area contributed by atoms with E-state index in [9.17, 15) is 9.18 Å². The van der Waals surface area contributed by atoms with Gasteiger partial charge in [0.1, 0.15) is 11.5 Å². The van der Waals surface area contributed by atoms with Gasteiger partial charge in [-0.2, -0.15) is 5.10 Å². The number of nitrogens with one attached hydrogen (secondary N) is 3. The van der Waals surface area contributed by atoms with E-state index in [2.05, 4.69) is 37.4 Å². The van der Waals surface area contributed by atoms with Gasteiger partial charge in [0.05, 0.1) is 22.9 Å². The summed E-state index contributed by atoms with van der Waals surface area (Å²) in [4.78, 5) is 29.0. The Morgan fingerprint density at radius 2 is 1.92 bits per heavy atom. The van der Waals surface area contributed by atoms with Crippen molar-refractivity contribution in [2.45, 2.75) is 33.1 Å². The van der Waals surface area contributed by atoms with Crippen LogP contribution < -0.4 is 5.32 Å². The van der Waals surface area contributed by atoms with Gasteiger partial charge in [-0.1, -0.05) is 25.5 Å². The molecule has 0 aliphatic heterocycles. The number of carbonyl (C=O) groups excluding carboxylic acids is 1. The maximum atomic E-state index is 14.2. The molecule has 1 amide bonds. The summed E-state index contributed by atoms with van der Waals surface area (Å²) in [6, 6.07) is 14.7. The molecule has 0 atom stereocenters. The van der Waals surface area contributed by atoms with Gasteiger partial charge in [-0.05, 0) is 66.4 Å². The number of rotatable bonds is 7. The van der Waals surface area contributed by atoms with Crippen molar-refractivity contribution >= 4 is 33.7 Å². The lowest BCUT2D eigenvalue weighted by atomic mass is 10.0. The molecule has 6 aromatic rings. The summed E-state index contributed by atoms with van der Waals surface area (Å²) in [7, 11) is 0. The van der Waals surface area contributed by atoms with Crippen LogP contribution in [-0.2, 0) is 4.79 Å². The highest BCUT2D eigenvalue weighted by Gasteiger charge is 2.17. The number of halogens is 1. The molecule has 6 rings (SSSR count). The summed E-state index contributed by atoms with van der Waals surface area (Å²) >= 11 is 0. The van der Waals surface area contributed by atoms with E-state index in [1.165, 1.54) is 12.1 Å². The van der Waals surface area contributed by atoms with Crippen molar-refractivity contribution in [2.24, 2.45) is 0 Å². The first-order valence-electron chi connectivity index (χ1n) is 12.8. The Labute approximate surface area is 223 Å². The monoisotopic (exact) mass is 519 g/mol. The molecular formula is C30H26FN7O. The third-order valence-electron chi connectivity index (χ3n) is 6.65. The summed E-state index contributed by atoms with van der Waals surface area (Å²) < 4.78 is 14.2. The van der Waals surface area contributed by atoms with Gasteiger partial charge < -0.3 is 10.3 Å². The largest absolute Gasteiger partial charge is 0.335 e. The number of carbonyl (C=O) groups is 1. The Hall–Kier alpha value is -4.92. The fraction of sp³-hybridized carbons (Fsp3) is 0.167. The predicted molar refractivity (Wildman–Crippen MR) is 150 cm³/mol. The maximum absolute atomic E-state index is 14.2. The van der Waals surface area contributed by atoms with E-state index >= 15 is 0 Å². The van der Waals surface area contributed by atoms with Crippen molar-refractivity contribution in [3.8, 4) is 33.8 Å². The van der Waals surface area contributed by atoms with Gasteiger partial charge in [-0.25, -0.2) is 14.4 Å². The van der Waals surface area contributed by atoms with Gasteiger partial charge in [0.2, 0.25) is 5.91 Å². The SMILES string of the molecule is CCCCC(=O)Nc1cncc(-c2ccc3[nH]nc(-c4nc5nccc(-c6cc(C)cc(F)c6)c5[nH]4)c3c2)c1. The highest BCUT2D eigenvalue weighted by molar-refractivity contribution is 5.98. The lowest BCUT2D eigenvalue weighted by molar-refractivity contribution is -0.116. The highest BCUT2D eigenvalue weighted by Crippen LogP contribution is 2.33. The van der Waals surface area contributed by atoms with Crippen LogP contribution in [0.5, 0.6) is 0 Å². The molecule has 0 spiro atoms. The number of aromatic nitrogens is 6. The van der Waals surface area contributed by atoms with Crippen LogP contribution in [0, 0.1) is 12.7 Å². The number of imidazole rings is 1. The van der Waals surface area contributed by atoms with Crippen LogP contribution in [-0.4, -0.2) is 36.0 Å². The van der Waals surface area contributed by atoms with Crippen LogP contribution in [0.3, 0.4) is 0 Å². The molecule has 0 saturated heterocycles. The number of anilines is 1. The molecule has 2 aromatic carbocycles. The number of nitrogens with zero attached hydrogens (tertiary/aromatic N) is 4. The molecule has 0 bridgehead atoms. The second kappa shape index (κ2) is 10.1. The van der Waals surface area contributed by atoms with Crippen LogP contribution >= 0.6 is 0 Å². The van der Waals surface area contributed by atoms with Gasteiger partial charge in [0, 0.05) is 35.3 Å². The first-order chi connectivity index (χ1) is 19.0. The second-order valence-corrected chi connectivity index (χ2v) is 9.61. The molecule has 194 valence electrons. The van der Waals surface area contributed by atoms with E-state index in [-0.39, 0.29) is 11.7 Å². The molecule has 0 fully saturated rings. The van der Waals surface area contributed by atoms with Gasteiger partial charge in [0.15, 0.2) is 11.5 Å². The number of unbranched alkanes of at least 4 members (excludes halogenated alkanes) is 1. The standard InChI is InChI=1S/C30H26FN7O/c1-3-4-5-26(39)34-22-13-20(15-32-16-22)18-6-7-25-24(14-18)28(38-37-25)30-35-27-23(8-9-33-29(27)36-30)19-10-17(2)11-21(31)12-19/h6-16H,3-5H2,1-2H3,(H,34,39)(H,37,38)(H,33,35,36). The number of aryl methyl sites for hydroxylation is 1. The number of benzene rings is 2. The molecule has 8 nitrogen and oxygen atoms in total. The molecule has 0 saturated carbocycles. The average molecular weight is 520 g/mol. The summed E-state index contributed by atoms with van der Waals surface area (Å²) in [6.45, 7) is 3.92. The minimum Gasteiger partial charge on any atom is -0.335 e. The van der Waals surface area contributed by atoms with E-state index < -0.39 is 0 Å². The number of H-pyrrole nitrogens is 2. The molecule has 9 heteroatoms. The van der Waals surface area contributed by atoms with Crippen molar-refractivity contribution in [2.75, 3.05) is 5.32 Å². The number of amides is 1. The number of hydrogen-bond acceptors (Lipinski definition) is 5. The Morgan fingerprint density at radius 1 is 1.03 bits per heavy atom. The van der Waals surface area contributed by atoms with E-state index in [1.807, 2.05) is 43.3 Å². The second-order valence-electron chi connectivity index (χ2n) is 9.61. The van der Waals surface area contributed by atoms with Crippen molar-refractivity contribution in [3.05, 3.63) is 78.5 Å². The Bertz CT molecular complexity index is 1820. The molecule has 4 aromatic heterocycles. The quantitative estimate of drug-likeness (QED) is 0.215. The molecule has 3 N–H and O–H groups in total. The Kier molecular flexibility index (Phi) is 6.32. The lowest BCUT2D eigenvalue weighted by Crippen LogP contribution is -2.11. The van der Waals surface area contributed by atoms with Crippen LogP contribution in [0.25, 0.3) is 55.8 Å². The third kappa shape index (κ3) is 4.86. The molecule has 0 unspecified atom stereocenters. The predicted octanol–water partition coefficient (Wildman–Crippen LogP) is 6.81. The normalized spacial score (nSPS) is 11.4. The maximum Gasteiger partial charge on any atom is 0.224 e. The van der Waals surface area contributed by atoms with Crippen LogP contribution in [0.2, 0.25) is 0 Å². The van der Waals surface area contributed by atoms with Gasteiger partial charge >= 0.3 is 0 Å². The third-order valence-corrected chi connectivity index (χ3v) is 6.65. The number of hydrogen-bond donors (Lipinski definition) is 3. The molecule has 0 radical (unpaired) electrons.